The average molecular weight is 726 g/mol. The molecule has 1 fully saturated rings. The summed E-state index contributed by atoms with van der Waals surface area (Å²) in [6, 6.07) is 21.2. The van der Waals surface area contributed by atoms with Gasteiger partial charge in [-0.1, -0.05) is 24.3 Å². The number of nitrogens with two attached hydrogens (primary N) is 1. The van der Waals surface area contributed by atoms with Crippen molar-refractivity contribution in [3.05, 3.63) is 118 Å². The molecule has 0 aliphatic carbocycles. The monoisotopic (exact) mass is 725 g/mol. The number of halogens is 2. The van der Waals surface area contributed by atoms with Crippen molar-refractivity contribution in [1.29, 1.82) is 0 Å². The first-order valence-electron chi connectivity index (χ1n) is 17.1. The average Bonchev–Trinajstić information content (AvgIpc) is 3.81. The Labute approximate surface area is 301 Å². The lowest BCUT2D eigenvalue weighted by molar-refractivity contribution is -0.0272. The van der Waals surface area contributed by atoms with E-state index in [9.17, 15) is 18.7 Å². The van der Waals surface area contributed by atoms with Crippen molar-refractivity contribution in [2.45, 2.75) is 37.6 Å². The fourth-order valence-corrected chi connectivity index (χ4v) is 8.16. The van der Waals surface area contributed by atoms with E-state index in [2.05, 4.69) is 30.2 Å². The second-order valence-electron chi connectivity index (χ2n) is 13.2. The molecule has 12 nitrogen and oxygen atoms in total. The minimum Gasteiger partial charge on any atom is -0.490 e. The first kappa shape index (κ1) is 33.9. The first-order valence-corrected chi connectivity index (χ1v) is 17.9. The number of hydrogen-bond donors (Lipinski definition) is 3. The maximum Gasteiger partial charge on any atom is 0.298 e. The first-order chi connectivity index (χ1) is 25.2. The molecule has 268 valence electrons. The number of ether oxygens (including phenoxy) is 1. The molecule has 4 N–H and O–H groups in total. The Kier molecular flexibility index (Phi) is 9.17. The van der Waals surface area contributed by atoms with Crippen molar-refractivity contribution in [3.63, 3.8) is 0 Å². The van der Waals surface area contributed by atoms with Crippen molar-refractivity contribution < 1.29 is 18.6 Å². The third-order valence-corrected chi connectivity index (χ3v) is 10.7. The van der Waals surface area contributed by atoms with Gasteiger partial charge in [-0.3, -0.25) is 14.3 Å². The van der Waals surface area contributed by atoms with Gasteiger partial charge < -0.3 is 25.8 Å². The number of thiophene rings is 1. The molecule has 0 spiro atoms. The molecule has 15 heteroatoms. The molecule has 2 aliphatic rings. The quantitative estimate of drug-likeness (QED) is 0.184. The van der Waals surface area contributed by atoms with Crippen molar-refractivity contribution in [2.24, 2.45) is 0 Å². The van der Waals surface area contributed by atoms with Crippen LogP contribution < -0.4 is 26.2 Å². The van der Waals surface area contributed by atoms with Crippen LogP contribution in [0.4, 0.5) is 26.0 Å². The van der Waals surface area contributed by atoms with Crippen LogP contribution in [0.15, 0.2) is 90.2 Å². The van der Waals surface area contributed by atoms with Gasteiger partial charge in [0.15, 0.2) is 5.82 Å². The Hall–Kier alpha value is -5.22. The van der Waals surface area contributed by atoms with Gasteiger partial charge in [0.25, 0.3) is 5.56 Å². The van der Waals surface area contributed by atoms with Gasteiger partial charge in [0.1, 0.15) is 47.1 Å². The Morgan fingerprint density at radius 3 is 2.60 bits per heavy atom. The SMILES string of the molecule is Nc1nc2sc(CNC3CCN(C[C@@](O)(Cn4cncn4)c4ccc(F)cc4F)CC3)cc2n(-c2ccc3c(c2)N(c2ccccc2)CCO3)c1=O. The lowest BCUT2D eigenvalue weighted by atomic mass is 9.91. The molecular formula is C37H37F2N9O3S. The maximum atomic E-state index is 14.9. The van der Waals surface area contributed by atoms with Gasteiger partial charge in [-0.05, 0) is 68.4 Å². The van der Waals surface area contributed by atoms with Crippen molar-refractivity contribution >= 4 is 38.9 Å². The van der Waals surface area contributed by atoms with Gasteiger partial charge in [-0.2, -0.15) is 5.10 Å². The summed E-state index contributed by atoms with van der Waals surface area (Å²) in [7, 11) is 0. The predicted octanol–water partition coefficient (Wildman–Crippen LogP) is 4.57. The van der Waals surface area contributed by atoms with E-state index in [-0.39, 0.29) is 36.1 Å². The normalized spacial score (nSPS) is 16.5. The Bertz CT molecular complexity index is 2260. The Morgan fingerprint density at radius 2 is 1.83 bits per heavy atom. The van der Waals surface area contributed by atoms with Crippen LogP contribution in [0.3, 0.4) is 0 Å². The molecule has 0 amide bonds. The highest BCUT2D eigenvalue weighted by Gasteiger charge is 2.36. The molecule has 3 aromatic heterocycles. The van der Waals surface area contributed by atoms with E-state index in [1.54, 1.807) is 4.57 Å². The van der Waals surface area contributed by atoms with E-state index < -0.39 is 17.2 Å². The Morgan fingerprint density at radius 1 is 1.00 bits per heavy atom. The molecule has 6 aromatic rings. The van der Waals surface area contributed by atoms with Crippen LogP contribution in [0.2, 0.25) is 0 Å². The third-order valence-electron chi connectivity index (χ3n) is 9.72. The molecule has 5 heterocycles. The number of aliphatic hydroxyl groups is 1. The third kappa shape index (κ3) is 6.75. The summed E-state index contributed by atoms with van der Waals surface area (Å²) in [4.78, 5) is 27.8. The summed E-state index contributed by atoms with van der Waals surface area (Å²) in [6.07, 6.45) is 4.39. The lowest BCUT2D eigenvalue weighted by Crippen LogP contribution is -2.49. The van der Waals surface area contributed by atoms with Crippen LogP contribution >= 0.6 is 11.3 Å². The predicted molar refractivity (Wildman–Crippen MR) is 195 cm³/mol. The second kappa shape index (κ2) is 14.1. The van der Waals surface area contributed by atoms with Gasteiger partial charge in [-0.15, -0.1) is 11.3 Å². The maximum absolute atomic E-state index is 14.9. The number of rotatable bonds is 10. The number of β-amino-alcohol motifs (C(OH)–C–C–N with tert-alkyl or cyclic N) is 1. The summed E-state index contributed by atoms with van der Waals surface area (Å²) >= 11 is 1.49. The van der Waals surface area contributed by atoms with Crippen LogP contribution in [0.25, 0.3) is 16.0 Å². The number of fused-ring (bicyclic) bond motifs is 2. The number of anilines is 3. The molecule has 0 bridgehead atoms. The second-order valence-corrected chi connectivity index (χ2v) is 14.3. The summed E-state index contributed by atoms with van der Waals surface area (Å²) in [5.74, 6) is -0.839. The van der Waals surface area contributed by atoms with E-state index in [0.29, 0.717) is 48.8 Å². The summed E-state index contributed by atoms with van der Waals surface area (Å²) in [5.41, 5.74) is 7.40. The lowest BCUT2D eigenvalue weighted by Gasteiger charge is -2.38. The van der Waals surface area contributed by atoms with Crippen LogP contribution in [-0.4, -0.2) is 73.1 Å². The fraction of sp³-hybridized carbons (Fsp3) is 0.297. The topological polar surface area (TPSA) is 140 Å². The molecule has 1 atom stereocenters. The number of piperidine rings is 1. The van der Waals surface area contributed by atoms with Crippen LogP contribution in [0.5, 0.6) is 5.75 Å². The molecule has 2 aliphatic heterocycles. The van der Waals surface area contributed by atoms with Gasteiger partial charge in [0.2, 0.25) is 0 Å². The van der Waals surface area contributed by atoms with Gasteiger partial charge in [0.05, 0.1) is 30.0 Å². The molecule has 3 aromatic carbocycles. The molecule has 0 saturated carbocycles. The largest absolute Gasteiger partial charge is 0.490 e. The van der Waals surface area contributed by atoms with E-state index in [4.69, 9.17) is 10.5 Å². The molecule has 0 radical (unpaired) electrons. The summed E-state index contributed by atoms with van der Waals surface area (Å²) in [6.45, 7) is 3.22. The van der Waals surface area contributed by atoms with E-state index >= 15 is 0 Å². The summed E-state index contributed by atoms with van der Waals surface area (Å²) < 4.78 is 37.7. The number of para-hydroxylation sites is 1. The number of benzene rings is 3. The minimum atomic E-state index is -1.65. The van der Waals surface area contributed by atoms with Crippen molar-refractivity contribution in [3.8, 4) is 11.4 Å². The highest BCUT2D eigenvalue weighted by atomic mass is 32.1. The van der Waals surface area contributed by atoms with Gasteiger partial charge >= 0.3 is 0 Å². The molecule has 0 unspecified atom stereocenters. The molecule has 52 heavy (non-hydrogen) atoms. The zero-order valence-electron chi connectivity index (χ0n) is 28.2. The van der Waals surface area contributed by atoms with Crippen LogP contribution in [0, 0.1) is 11.6 Å². The van der Waals surface area contributed by atoms with E-state index in [1.807, 2.05) is 54.6 Å². The van der Waals surface area contributed by atoms with E-state index in [0.717, 1.165) is 47.0 Å². The standard InChI is InChI=1S/C37H37F2N9O3S/c38-24-6-8-29(30(39)16-24)37(50,21-46-23-41-22-43-46)20-45-12-10-25(11-13-45)42-19-28-18-32-35(52-28)44-34(40)36(49)48(32)27-7-9-33-31(17-27)47(14-15-51-33)26-4-2-1-3-5-26/h1-9,16-18,22-23,25,42,50H,10-15,19-21H2,(H2,40,44)/t37-/m1/s1. The number of hydrogen-bond acceptors (Lipinski definition) is 11. The van der Waals surface area contributed by atoms with Gasteiger partial charge in [0, 0.05) is 41.3 Å². The zero-order chi connectivity index (χ0) is 35.8. The number of nitrogen functional groups attached to an aromatic ring is 1. The Balaban J connectivity index is 0.969. The van der Waals surface area contributed by atoms with Crippen LogP contribution in [0.1, 0.15) is 23.3 Å². The number of likely N-dealkylation sites (tertiary alicyclic amines) is 1. The highest BCUT2D eigenvalue weighted by molar-refractivity contribution is 7.18. The molecular weight excluding hydrogens is 689 g/mol. The number of nitrogens with one attached hydrogen (secondary N) is 1. The molecule has 1 saturated heterocycles. The van der Waals surface area contributed by atoms with E-state index in [1.165, 1.54) is 34.7 Å². The van der Waals surface area contributed by atoms with Crippen molar-refractivity contribution in [2.75, 3.05) is 43.4 Å². The van der Waals surface area contributed by atoms with Crippen molar-refractivity contribution in [1.82, 2.24) is 34.5 Å². The van der Waals surface area contributed by atoms with Crippen LogP contribution in [-0.2, 0) is 18.7 Å². The molecule has 8 rings (SSSR count). The zero-order valence-corrected chi connectivity index (χ0v) is 29.0. The smallest absolute Gasteiger partial charge is 0.298 e. The fourth-order valence-electron chi connectivity index (χ4n) is 7.19. The number of nitrogens with zero attached hydrogens (tertiary/aromatic N) is 7. The summed E-state index contributed by atoms with van der Waals surface area (Å²) in [5, 5.41) is 19.5. The highest BCUT2D eigenvalue weighted by Crippen LogP contribution is 2.39. The minimum absolute atomic E-state index is 0.0133. The van der Waals surface area contributed by atoms with Gasteiger partial charge in [-0.25, -0.2) is 23.4 Å². The number of aromatic nitrogens is 5.